The summed E-state index contributed by atoms with van der Waals surface area (Å²) in [4.78, 5) is 2.24. The van der Waals surface area contributed by atoms with Crippen LogP contribution in [0.25, 0.3) is 0 Å². The minimum atomic E-state index is 0.369. The van der Waals surface area contributed by atoms with Crippen LogP contribution >= 0.6 is 15.9 Å². The summed E-state index contributed by atoms with van der Waals surface area (Å²) in [6.45, 7) is 5.14. The van der Waals surface area contributed by atoms with Crippen molar-refractivity contribution in [2.45, 2.75) is 32.9 Å². The Morgan fingerprint density at radius 2 is 2.13 bits per heavy atom. The molecule has 1 unspecified atom stereocenters. The fourth-order valence-electron chi connectivity index (χ4n) is 1.42. The van der Waals surface area contributed by atoms with Gasteiger partial charge in [0.2, 0.25) is 0 Å². The minimum Gasteiger partial charge on any atom is -0.508 e. The highest BCUT2D eigenvalue weighted by molar-refractivity contribution is 9.10. The van der Waals surface area contributed by atoms with E-state index in [2.05, 4.69) is 41.7 Å². The first-order valence-corrected chi connectivity index (χ1v) is 6.01. The van der Waals surface area contributed by atoms with E-state index in [0.29, 0.717) is 11.8 Å². The van der Waals surface area contributed by atoms with Crippen molar-refractivity contribution < 1.29 is 5.11 Å². The van der Waals surface area contributed by atoms with Gasteiger partial charge in [0.15, 0.2) is 0 Å². The number of rotatable bonds is 4. The number of nitrogens with zero attached hydrogens (tertiary/aromatic N) is 1. The Labute approximate surface area is 100 Å². The number of phenols is 1. The van der Waals surface area contributed by atoms with E-state index in [4.69, 9.17) is 0 Å². The summed E-state index contributed by atoms with van der Waals surface area (Å²) in [6.07, 6.45) is 1.12. The van der Waals surface area contributed by atoms with Crippen molar-refractivity contribution in [3.8, 4) is 5.75 Å². The van der Waals surface area contributed by atoms with Crippen LogP contribution in [-0.4, -0.2) is 23.1 Å². The summed E-state index contributed by atoms with van der Waals surface area (Å²) in [5, 5.41) is 9.69. The Kier molecular flexibility index (Phi) is 4.61. The summed E-state index contributed by atoms with van der Waals surface area (Å²) in [7, 11) is 2.08. The normalized spacial score (nSPS) is 13.1. The maximum absolute atomic E-state index is 9.69. The average molecular weight is 272 g/mol. The highest BCUT2D eigenvalue weighted by Gasteiger charge is 2.10. The maximum Gasteiger partial charge on any atom is 0.120 e. The van der Waals surface area contributed by atoms with E-state index in [1.807, 2.05) is 12.1 Å². The molecular weight excluding hydrogens is 254 g/mol. The Morgan fingerprint density at radius 3 is 2.73 bits per heavy atom. The number of hydrogen-bond donors (Lipinski definition) is 1. The third-order valence-corrected chi connectivity index (χ3v) is 3.30. The molecule has 0 fully saturated rings. The van der Waals surface area contributed by atoms with Gasteiger partial charge in [0.25, 0.3) is 0 Å². The molecule has 0 saturated heterocycles. The van der Waals surface area contributed by atoms with Crippen LogP contribution in [0.5, 0.6) is 5.75 Å². The standard InChI is InChI=1S/C12H18BrNO/c1-4-9(2)14(3)8-10-7-11(13)5-6-12(10)15/h5-7,9,15H,4,8H2,1-3H3. The molecule has 3 heteroatoms. The van der Waals surface area contributed by atoms with Crippen LogP contribution in [0.4, 0.5) is 0 Å². The molecule has 0 bridgehead atoms. The second kappa shape index (κ2) is 5.52. The SMILES string of the molecule is CCC(C)N(C)Cc1cc(Br)ccc1O. The molecule has 0 heterocycles. The lowest BCUT2D eigenvalue weighted by Crippen LogP contribution is -2.27. The molecule has 0 amide bonds. The maximum atomic E-state index is 9.69. The third-order valence-electron chi connectivity index (χ3n) is 2.80. The predicted octanol–water partition coefficient (Wildman–Crippen LogP) is 3.39. The molecule has 1 N–H and O–H groups in total. The van der Waals surface area contributed by atoms with Crippen LogP contribution in [0.1, 0.15) is 25.8 Å². The van der Waals surface area contributed by atoms with Gasteiger partial charge in [-0.15, -0.1) is 0 Å². The summed E-state index contributed by atoms with van der Waals surface area (Å²) >= 11 is 3.41. The number of phenolic OH excluding ortho intramolecular Hbond substituents is 1. The molecule has 0 radical (unpaired) electrons. The van der Waals surface area contributed by atoms with Gasteiger partial charge in [0.1, 0.15) is 5.75 Å². The lowest BCUT2D eigenvalue weighted by atomic mass is 10.1. The molecule has 1 aromatic carbocycles. The van der Waals surface area contributed by atoms with E-state index in [1.165, 1.54) is 0 Å². The van der Waals surface area contributed by atoms with Gasteiger partial charge in [-0.3, -0.25) is 4.90 Å². The topological polar surface area (TPSA) is 23.5 Å². The van der Waals surface area contributed by atoms with Crippen LogP contribution in [0.2, 0.25) is 0 Å². The van der Waals surface area contributed by atoms with Crippen molar-refractivity contribution in [1.82, 2.24) is 4.90 Å². The van der Waals surface area contributed by atoms with E-state index in [-0.39, 0.29) is 0 Å². The van der Waals surface area contributed by atoms with Gasteiger partial charge in [0.05, 0.1) is 0 Å². The van der Waals surface area contributed by atoms with Crippen molar-refractivity contribution in [2.75, 3.05) is 7.05 Å². The van der Waals surface area contributed by atoms with Crippen LogP contribution in [0, 0.1) is 0 Å². The lowest BCUT2D eigenvalue weighted by molar-refractivity contribution is 0.241. The van der Waals surface area contributed by atoms with Crippen LogP contribution in [0.15, 0.2) is 22.7 Å². The smallest absolute Gasteiger partial charge is 0.120 e. The van der Waals surface area contributed by atoms with Gasteiger partial charge in [0, 0.05) is 22.6 Å². The summed E-state index contributed by atoms with van der Waals surface area (Å²) in [5.41, 5.74) is 0.965. The monoisotopic (exact) mass is 271 g/mol. The summed E-state index contributed by atoms with van der Waals surface area (Å²) < 4.78 is 1.01. The van der Waals surface area contributed by atoms with Gasteiger partial charge < -0.3 is 5.11 Å². The zero-order valence-corrected chi connectivity index (χ0v) is 11.1. The lowest BCUT2D eigenvalue weighted by Gasteiger charge is -2.23. The highest BCUT2D eigenvalue weighted by atomic mass is 79.9. The number of benzene rings is 1. The minimum absolute atomic E-state index is 0.369. The molecule has 0 spiro atoms. The van der Waals surface area contributed by atoms with Gasteiger partial charge in [-0.2, -0.15) is 0 Å². The Hall–Kier alpha value is -0.540. The number of halogens is 1. The van der Waals surface area contributed by atoms with Crippen molar-refractivity contribution in [1.29, 1.82) is 0 Å². The zero-order chi connectivity index (χ0) is 11.4. The van der Waals surface area contributed by atoms with Crippen molar-refractivity contribution in [3.63, 3.8) is 0 Å². The van der Waals surface area contributed by atoms with Gasteiger partial charge in [-0.05, 0) is 38.6 Å². The van der Waals surface area contributed by atoms with Crippen molar-refractivity contribution in [3.05, 3.63) is 28.2 Å². The first-order chi connectivity index (χ1) is 7.04. The molecule has 0 aliphatic heterocycles. The molecule has 84 valence electrons. The molecule has 0 saturated carbocycles. The Bertz CT molecular complexity index is 327. The molecule has 1 atom stereocenters. The van der Waals surface area contributed by atoms with Crippen LogP contribution < -0.4 is 0 Å². The third kappa shape index (κ3) is 3.50. The van der Waals surface area contributed by atoms with E-state index in [0.717, 1.165) is 23.0 Å². The van der Waals surface area contributed by atoms with Crippen molar-refractivity contribution in [2.24, 2.45) is 0 Å². The summed E-state index contributed by atoms with van der Waals surface area (Å²) in [6, 6.07) is 6.07. The molecule has 15 heavy (non-hydrogen) atoms. The first kappa shape index (κ1) is 12.5. The van der Waals surface area contributed by atoms with Crippen LogP contribution in [0.3, 0.4) is 0 Å². The quantitative estimate of drug-likeness (QED) is 0.908. The molecule has 1 aromatic rings. The van der Waals surface area contributed by atoms with Crippen molar-refractivity contribution >= 4 is 15.9 Å². The highest BCUT2D eigenvalue weighted by Crippen LogP contribution is 2.23. The van der Waals surface area contributed by atoms with Crippen LogP contribution in [-0.2, 0) is 6.54 Å². The fraction of sp³-hybridized carbons (Fsp3) is 0.500. The second-order valence-corrected chi connectivity index (χ2v) is 4.86. The molecule has 2 nitrogen and oxygen atoms in total. The van der Waals surface area contributed by atoms with E-state index in [9.17, 15) is 5.11 Å². The van der Waals surface area contributed by atoms with E-state index >= 15 is 0 Å². The zero-order valence-electron chi connectivity index (χ0n) is 9.50. The van der Waals surface area contributed by atoms with E-state index < -0.39 is 0 Å². The molecule has 1 rings (SSSR count). The Morgan fingerprint density at radius 1 is 1.47 bits per heavy atom. The first-order valence-electron chi connectivity index (χ1n) is 5.22. The van der Waals surface area contributed by atoms with Gasteiger partial charge >= 0.3 is 0 Å². The van der Waals surface area contributed by atoms with Gasteiger partial charge in [-0.25, -0.2) is 0 Å². The average Bonchev–Trinajstić information content (AvgIpc) is 2.22. The summed E-state index contributed by atoms with van der Waals surface area (Å²) in [5.74, 6) is 0.369. The Balaban J connectivity index is 2.75. The molecule has 0 aromatic heterocycles. The van der Waals surface area contributed by atoms with Gasteiger partial charge in [-0.1, -0.05) is 22.9 Å². The number of aromatic hydroxyl groups is 1. The van der Waals surface area contributed by atoms with E-state index in [1.54, 1.807) is 6.07 Å². The second-order valence-electron chi connectivity index (χ2n) is 3.95. The number of hydrogen-bond acceptors (Lipinski definition) is 2. The predicted molar refractivity (Wildman–Crippen MR) is 67.0 cm³/mol. The molecule has 0 aliphatic rings. The molecule has 0 aliphatic carbocycles. The largest absolute Gasteiger partial charge is 0.508 e. The fourth-order valence-corrected chi connectivity index (χ4v) is 1.83. The molecular formula is C12H18BrNO.